The summed E-state index contributed by atoms with van der Waals surface area (Å²) in [6.45, 7) is 4.31. The highest BCUT2D eigenvalue weighted by Crippen LogP contribution is 2.29. The summed E-state index contributed by atoms with van der Waals surface area (Å²) >= 11 is 0. The molecule has 1 aliphatic carbocycles. The highest BCUT2D eigenvalue weighted by Gasteiger charge is 2.32. The van der Waals surface area contributed by atoms with E-state index in [4.69, 9.17) is 5.73 Å². The van der Waals surface area contributed by atoms with Gasteiger partial charge in [-0.2, -0.15) is 0 Å². The van der Waals surface area contributed by atoms with Crippen LogP contribution in [0.5, 0.6) is 0 Å². The first-order chi connectivity index (χ1) is 9.20. The first kappa shape index (κ1) is 11.8. The Morgan fingerprint density at radius 3 is 2.95 bits per heavy atom. The number of carbonyl (C=O) groups excluding carboxylic acids is 1. The van der Waals surface area contributed by atoms with E-state index in [9.17, 15) is 4.79 Å². The van der Waals surface area contributed by atoms with Crippen molar-refractivity contribution in [3.8, 4) is 0 Å². The maximum Gasteiger partial charge on any atom is 0.270 e. The number of hydrogen-bond acceptors (Lipinski definition) is 2. The van der Waals surface area contributed by atoms with Crippen molar-refractivity contribution in [3.05, 3.63) is 42.6 Å². The summed E-state index contributed by atoms with van der Waals surface area (Å²) in [5.74, 6) is 0.0259. The number of amides is 1. The highest BCUT2D eigenvalue weighted by molar-refractivity contribution is 6.01. The third kappa shape index (κ3) is 2.10. The second-order valence-electron chi connectivity index (χ2n) is 4.97. The first-order valence-corrected chi connectivity index (χ1v) is 6.50. The largest absolute Gasteiger partial charge is 0.397 e. The molecule has 0 aliphatic heterocycles. The number of anilines is 1. The van der Waals surface area contributed by atoms with Gasteiger partial charge in [-0.1, -0.05) is 18.2 Å². The molecule has 1 amide bonds. The number of aromatic nitrogens is 1. The number of nitrogens with one attached hydrogen (secondary N) is 1. The zero-order valence-electron chi connectivity index (χ0n) is 10.7. The summed E-state index contributed by atoms with van der Waals surface area (Å²) in [5.41, 5.74) is 8.00. The highest BCUT2D eigenvalue weighted by atomic mass is 16.2. The Morgan fingerprint density at radius 1 is 1.53 bits per heavy atom. The van der Waals surface area contributed by atoms with E-state index in [1.807, 2.05) is 29.2 Å². The van der Waals surface area contributed by atoms with Crippen molar-refractivity contribution in [1.82, 2.24) is 9.88 Å². The van der Waals surface area contributed by atoms with Crippen molar-refractivity contribution in [1.29, 1.82) is 0 Å². The molecule has 1 saturated carbocycles. The van der Waals surface area contributed by atoms with Gasteiger partial charge < -0.3 is 15.6 Å². The molecular formula is C15H17N3O. The van der Waals surface area contributed by atoms with Gasteiger partial charge >= 0.3 is 0 Å². The Balaban J connectivity index is 1.96. The van der Waals surface area contributed by atoms with Crippen molar-refractivity contribution in [3.63, 3.8) is 0 Å². The lowest BCUT2D eigenvalue weighted by Gasteiger charge is -2.19. The molecule has 1 aromatic heterocycles. The predicted octanol–water partition coefficient (Wildman–Crippen LogP) is 2.54. The Bertz CT molecular complexity index is 640. The monoisotopic (exact) mass is 255 g/mol. The molecule has 98 valence electrons. The van der Waals surface area contributed by atoms with Crippen LogP contribution in [0.4, 0.5) is 5.69 Å². The topological polar surface area (TPSA) is 62.1 Å². The van der Waals surface area contributed by atoms with Gasteiger partial charge in [-0.05, 0) is 25.0 Å². The predicted molar refractivity (Wildman–Crippen MR) is 77.0 cm³/mol. The molecule has 1 aliphatic rings. The Labute approximate surface area is 111 Å². The lowest BCUT2D eigenvalue weighted by Crippen LogP contribution is -2.33. The molecule has 4 nitrogen and oxygen atoms in total. The molecule has 0 bridgehead atoms. The number of aromatic amines is 1. The molecule has 4 heteroatoms. The maximum absolute atomic E-state index is 12.5. The van der Waals surface area contributed by atoms with Crippen LogP contribution in [0, 0.1) is 0 Å². The number of hydrogen-bond donors (Lipinski definition) is 2. The fourth-order valence-corrected chi connectivity index (χ4v) is 2.37. The summed E-state index contributed by atoms with van der Waals surface area (Å²) in [6.07, 6.45) is 3.94. The van der Waals surface area contributed by atoms with Gasteiger partial charge in [0, 0.05) is 18.0 Å². The molecule has 19 heavy (non-hydrogen) atoms. The fourth-order valence-electron chi connectivity index (χ4n) is 2.37. The molecule has 3 N–H and O–H groups in total. The average molecular weight is 255 g/mol. The van der Waals surface area contributed by atoms with E-state index in [-0.39, 0.29) is 5.91 Å². The van der Waals surface area contributed by atoms with Gasteiger partial charge in [-0.3, -0.25) is 4.79 Å². The number of benzene rings is 1. The lowest BCUT2D eigenvalue weighted by atomic mass is 10.2. The van der Waals surface area contributed by atoms with Crippen molar-refractivity contribution in [2.45, 2.75) is 18.9 Å². The molecular weight excluding hydrogens is 238 g/mol. The second kappa shape index (κ2) is 4.46. The SMILES string of the molecule is C=CCN(C(=O)c1cc2cccc(N)c2[nH]1)C1CC1. The molecule has 0 saturated heterocycles. The van der Waals surface area contributed by atoms with Crippen LogP contribution in [0.25, 0.3) is 10.9 Å². The summed E-state index contributed by atoms with van der Waals surface area (Å²) < 4.78 is 0. The van der Waals surface area contributed by atoms with Gasteiger partial charge in [0.1, 0.15) is 5.69 Å². The zero-order valence-corrected chi connectivity index (χ0v) is 10.7. The van der Waals surface area contributed by atoms with Crippen LogP contribution in [0.1, 0.15) is 23.3 Å². The van der Waals surface area contributed by atoms with Crippen LogP contribution in [-0.4, -0.2) is 28.4 Å². The van der Waals surface area contributed by atoms with Crippen LogP contribution in [0.15, 0.2) is 36.9 Å². The molecule has 1 heterocycles. The van der Waals surface area contributed by atoms with Crippen molar-refractivity contribution in [2.75, 3.05) is 12.3 Å². The molecule has 0 spiro atoms. The van der Waals surface area contributed by atoms with E-state index >= 15 is 0 Å². The number of H-pyrrole nitrogens is 1. The van der Waals surface area contributed by atoms with Crippen molar-refractivity contribution in [2.24, 2.45) is 0 Å². The normalized spacial score (nSPS) is 14.5. The lowest BCUT2D eigenvalue weighted by molar-refractivity contribution is 0.0758. The molecule has 0 radical (unpaired) electrons. The summed E-state index contributed by atoms with van der Waals surface area (Å²) in [5, 5.41) is 0.970. The second-order valence-corrected chi connectivity index (χ2v) is 4.97. The van der Waals surface area contributed by atoms with E-state index < -0.39 is 0 Å². The van der Waals surface area contributed by atoms with E-state index in [0.717, 1.165) is 23.7 Å². The third-order valence-corrected chi connectivity index (χ3v) is 3.49. The number of fused-ring (bicyclic) bond motifs is 1. The standard InChI is InChI=1S/C15H17N3O/c1-2-8-18(11-6-7-11)15(19)13-9-10-4-3-5-12(16)14(10)17-13/h2-5,9,11,17H,1,6-8,16H2. The van der Waals surface area contributed by atoms with Crippen LogP contribution in [-0.2, 0) is 0 Å². The van der Waals surface area contributed by atoms with Crippen LogP contribution < -0.4 is 5.73 Å². The van der Waals surface area contributed by atoms with Gasteiger partial charge in [-0.25, -0.2) is 0 Å². The Kier molecular flexibility index (Phi) is 2.78. The molecule has 2 aromatic rings. The first-order valence-electron chi connectivity index (χ1n) is 6.50. The molecule has 1 fully saturated rings. The van der Waals surface area contributed by atoms with Crippen LogP contribution >= 0.6 is 0 Å². The number of nitrogen functional groups attached to an aromatic ring is 1. The summed E-state index contributed by atoms with van der Waals surface area (Å²) in [6, 6.07) is 7.91. The molecule has 0 unspecified atom stereocenters. The van der Waals surface area contributed by atoms with E-state index in [0.29, 0.717) is 24.0 Å². The van der Waals surface area contributed by atoms with Gasteiger partial charge in [-0.15, -0.1) is 6.58 Å². The minimum atomic E-state index is 0.0259. The quantitative estimate of drug-likeness (QED) is 0.651. The number of nitrogens with zero attached hydrogens (tertiary/aromatic N) is 1. The van der Waals surface area contributed by atoms with Crippen LogP contribution in [0.2, 0.25) is 0 Å². The average Bonchev–Trinajstić information content (AvgIpc) is 3.14. The van der Waals surface area contributed by atoms with Gasteiger partial charge in [0.15, 0.2) is 0 Å². The summed E-state index contributed by atoms with van der Waals surface area (Å²) in [4.78, 5) is 17.5. The van der Waals surface area contributed by atoms with E-state index in [1.54, 1.807) is 6.08 Å². The van der Waals surface area contributed by atoms with E-state index in [2.05, 4.69) is 11.6 Å². The number of nitrogens with two attached hydrogens (primary N) is 1. The minimum Gasteiger partial charge on any atom is -0.397 e. The summed E-state index contributed by atoms with van der Waals surface area (Å²) in [7, 11) is 0. The van der Waals surface area contributed by atoms with Gasteiger partial charge in [0.05, 0.1) is 11.2 Å². The number of carbonyl (C=O) groups is 1. The fraction of sp³-hybridized carbons (Fsp3) is 0.267. The molecule has 3 rings (SSSR count). The van der Waals surface area contributed by atoms with E-state index in [1.165, 1.54) is 0 Å². The third-order valence-electron chi connectivity index (χ3n) is 3.49. The molecule has 1 aromatic carbocycles. The Morgan fingerprint density at radius 2 is 2.32 bits per heavy atom. The Hall–Kier alpha value is -2.23. The van der Waals surface area contributed by atoms with Gasteiger partial charge in [0.2, 0.25) is 0 Å². The maximum atomic E-state index is 12.5. The van der Waals surface area contributed by atoms with Crippen molar-refractivity contribution < 1.29 is 4.79 Å². The minimum absolute atomic E-state index is 0.0259. The van der Waals surface area contributed by atoms with Crippen LogP contribution in [0.3, 0.4) is 0 Å². The number of rotatable bonds is 4. The molecule has 0 atom stereocenters. The smallest absolute Gasteiger partial charge is 0.270 e. The van der Waals surface area contributed by atoms with Crippen molar-refractivity contribution >= 4 is 22.5 Å². The van der Waals surface area contributed by atoms with Gasteiger partial charge in [0.25, 0.3) is 5.91 Å². The zero-order chi connectivity index (χ0) is 13.4. The number of para-hydroxylation sites is 1.